The maximum atomic E-state index is 8.05. The predicted molar refractivity (Wildman–Crippen MR) is 161 cm³/mol. The molecule has 0 aliphatic rings. The fraction of sp³-hybridized carbons (Fsp3) is 0.176. The minimum absolute atomic E-state index is 0. The Kier molecular flexibility index (Phi) is 6.48. The molecule has 1 radical (unpaired) electrons. The van der Waals surface area contributed by atoms with Crippen molar-refractivity contribution in [2.75, 3.05) is 0 Å². The first kappa shape index (κ1) is 21.4. The van der Waals surface area contributed by atoms with E-state index >= 15 is 0 Å². The van der Waals surface area contributed by atoms with E-state index in [1.165, 1.54) is 17.8 Å². The molecule has 0 spiro atoms. The maximum absolute atomic E-state index is 8.05. The van der Waals surface area contributed by atoms with Crippen molar-refractivity contribution >= 4 is 35.2 Å². The number of hydrogen-bond donors (Lipinski definition) is 0. The molecular formula is C34H32IrN2OSi-2. The molecule has 3 aromatic carbocycles. The smallest absolute Gasteiger partial charge is 0.120 e. The summed E-state index contributed by atoms with van der Waals surface area (Å²) in [5, 5.41) is 2.99. The number of aromatic nitrogens is 2. The van der Waals surface area contributed by atoms with Gasteiger partial charge in [-0.15, -0.1) is 53.2 Å². The van der Waals surface area contributed by atoms with E-state index in [0.717, 1.165) is 27.2 Å². The first-order valence-corrected chi connectivity index (χ1v) is 15.9. The quantitative estimate of drug-likeness (QED) is 0.137. The molecular weight excluding hydrogens is 673 g/mol. The van der Waals surface area contributed by atoms with Gasteiger partial charge in [-0.2, -0.15) is 0 Å². The minimum Gasteiger partial charge on any atom is -0.501 e. The number of rotatable bonds is 3. The van der Waals surface area contributed by atoms with E-state index in [-0.39, 0.29) is 36.9 Å². The van der Waals surface area contributed by atoms with Crippen molar-refractivity contribution in [3.63, 3.8) is 0 Å². The van der Waals surface area contributed by atoms with Crippen LogP contribution in [0, 0.1) is 32.8 Å². The second-order valence-electron chi connectivity index (χ2n) is 10.2. The number of para-hydroxylation sites is 1. The molecule has 0 saturated heterocycles. The van der Waals surface area contributed by atoms with Crippen LogP contribution < -0.4 is 5.19 Å². The Morgan fingerprint density at radius 2 is 1.72 bits per heavy atom. The predicted octanol–water partition coefficient (Wildman–Crippen LogP) is 8.46. The van der Waals surface area contributed by atoms with E-state index in [9.17, 15) is 0 Å². The monoisotopic (exact) mass is 711 g/mol. The van der Waals surface area contributed by atoms with Crippen molar-refractivity contribution in [2.45, 2.75) is 40.3 Å². The normalized spacial score (nSPS) is 14.1. The van der Waals surface area contributed by atoms with E-state index in [4.69, 9.17) is 12.6 Å². The van der Waals surface area contributed by atoms with Gasteiger partial charge in [-0.05, 0) is 49.7 Å². The molecule has 0 bridgehead atoms. The minimum atomic E-state index is -2.67. The van der Waals surface area contributed by atoms with Gasteiger partial charge in [0.05, 0.1) is 5.58 Å². The van der Waals surface area contributed by atoms with Gasteiger partial charge < -0.3 is 14.4 Å². The third kappa shape index (κ3) is 5.96. The Labute approximate surface area is 254 Å². The van der Waals surface area contributed by atoms with Crippen molar-refractivity contribution in [1.82, 2.24) is 9.97 Å². The molecule has 6 rings (SSSR count). The number of nitrogens with zero attached hydrogens (tertiary/aromatic N) is 2. The van der Waals surface area contributed by atoms with Crippen LogP contribution in [0.1, 0.15) is 24.9 Å². The van der Waals surface area contributed by atoms with Crippen molar-refractivity contribution in [3.05, 3.63) is 114 Å². The van der Waals surface area contributed by atoms with Crippen LogP contribution in [0.3, 0.4) is 0 Å². The van der Waals surface area contributed by atoms with Crippen molar-refractivity contribution in [2.24, 2.45) is 0 Å². The average molecular weight is 711 g/mol. The Morgan fingerprint density at radius 3 is 2.41 bits per heavy atom. The van der Waals surface area contributed by atoms with Gasteiger partial charge >= 0.3 is 0 Å². The summed E-state index contributed by atoms with van der Waals surface area (Å²) in [4.78, 5) is 8.63. The molecule has 3 nitrogen and oxygen atoms in total. The van der Waals surface area contributed by atoms with Gasteiger partial charge in [-0.3, -0.25) is 0 Å². The number of fused-ring (bicyclic) bond motifs is 3. The zero-order valence-corrected chi connectivity index (χ0v) is 25.6. The fourth-order valence-electron chi connectivity index (χ4n) is 4.37. The van der Waals surface area contributed by atoms with E-state index < -0.39 is 21.8 Å². The molecule has 0 atom stereocenters. The van der Waals surface area contributed by atoms with Crippen LogP contribution in [0.4, 0.5) is 0 Å². The van der Waals surface area contributed by atoms with Crippen molar-refractivity contribution < 1.29 is 32.7 Å². The van der Waals surface area contributed by atoms with Crippen LogP contribution in [0.25, 0.3) is 44.5 Å². The van der Waals surface area contributed by atoms with Gasteiger partial charge in [0.15, 0.2) is 0 Å². The van der Waals surface area contributed by atoms with Crippen LogP contribution >= 0.6 is 0 Å². The fourth-order valence-corrected chi connectivity index (χ4v) is 5.87. The summed E-state index contributed by atoms with van der Waals surface area (Å²) in [6, 6.07) is 29.1. The first-order valence-electron chi connectivity index (χ1n) is 15.4. The summed E-state index contributed by atoms with van der Waals surface area (Å²) in [5.74, 6) is 0. The standard InChI is InChI=1S/C22H22NOSi.C12H10N.Ir/c1-14-12-13-23-21(15(14)2)17-10-11-19(25(3,4)5)20-16-8-6-7-9-18(16)24-22(17)20;1-10-7-8-12(13-9-10)11-5-3-2-4-6-11;/h6-9,11-13H,1-5H3;2-5,7-9H,1H3;/q2*-1;/i1D3,2D3;;. The van der Waals surface area contributed by atoms with Gasteiger partial charge in [0, 0.05) is 54.2 Å². The molecule has 3 heterocycles. The maximum Gasteiger partial charge on any atom is 0.120 e. The Balaban J connectivity index is 0.000000275. The Bertz CT molecular complexity index is 1930. The summed E-state index contributed by atoms with van der Waals surface area (Å²) in [7, 11) is -1.81. The van der Waals surface area contributed by atoms with Crippen LogP contribution in [-0.4, -0.2) is 18.0 Å². The van der Waals surface area contributed by atoms with E-state index in [1.807, 2.05) is 73.8 Å². The first-order chi connectivity index (χ1) is 20.7. The van der Waals surface area contributed by atoms with Gasteiger partial charge in [-0.25, -0.2) is 0 Å². The largest absolute Gasteiger partial charge is 0.501 e. The molecule has 5 heteroatoms. The molecule has 0 saturated carbocycles. The molecule has 0 amide bonds. The van der Waals surface area contributed by atoms with Gasteiger partial charge in [0.1, 0.15) is 5.58 Å². The second kappa shape index (κ2) is 11.8. The number of benzene rings is 3. The van der Waals surface area contributed by atoms with Crippen molar-refractivity contribution in [1.29, 1.82) is 0 Å². The number of aryl methyl sites for hydroxylation is 2. The number of furan rings is 1. The molecule has 0 aliphatic heterocycles. The molecule has 0 fully saturated rings. The Morgan fingerprint density at radius 1 is 0.897 bits per heavy atom. The summed E-state index contributed by atoms with van der Waals surface area (Å²) in [5.41, 5.74) is 4.29. The van der Waals surface area contributed by atoms with Gasteiger partial charge in [-0.1, -0.05) is 72.0 Å². The average Bonchev–Trinajstić information content (AvgIpc) is 3.36. The Hall–Kier alpha value is -3.37. The van der Waals surface area contributed by atoms with Gasteiger partial charge in [0.2, 0.25) is 0 Å². The molecule has 3 aromatic heterocycles. The summed E-state index contributed by atoms with van der Waals surface area (Å²) in [6.07, 6.45) is 3.21. The topological polar surface area (TPSA) is 38.9 Å². The zero-order valence-electron chi connectivity index (χ0n) is 28.2. The van der Waals surface area contributed by atoms with E-state index in [0.29, 0.717) is 16.7 Å². The van der Waals surface area contributed by atoms with E-state index in [2.05, 4.69) is 47.8 Å². The van der Waals surface area contributed by atoms with E-state index in [1.54, 1.807) is 0 Å². The zero-order chi connectivity index (χ0) is 31.9. The van der Waals surface area contributed by atoms with Crippen molar-refractivity contribution in [3.8, 4) is 22.5 Å². The van der Waals surface area contributed by atoms with Gasteiger partial charge in [0.25, 0.3) is 0 Å². The van der Waals surface area contributed by atoms with Crippen LogP contribution in [0.2, 0.25) is 19.6 Å². The SMILES string of the molecule is Cc1ccc(-c2[c-]cccc2)nc1.[2H]C([2H])([2H])c1ccnc(-c2[c-]cc([Si](C)(C)C)c3c2oc2ccccc23)c1C([2H])([2H])[2H].[Ir]. The van der Waals surface area contributed by atoms with Crippen LogP contribution in [0.5, 0.6) is 0 Å². The third-order valence-electron chi connectivity index (χ3n) is 6.34. The number of hydrogen-bond acceptors (Lipinski definition) is 3. The summed E-state index contributed by atoms with van der Waals surface area (Å²) >= 11 is 0. The third-order valence-corrected chi connectivity index (χ3v) is 8.36. The van der Waals surface area contributed by atoms with Crippen LogP contribution in [-0.2, 0) is 20.1 Å². The molecule has 0 N–H and O–H groups in total. The molecule has 6 aromatic rings. The summed E-state index contributed by atoms with van der Waals surface area (Å²) < 4.78 is 53.9. The summed E-state index contributed by atoms with van der Waals surface area (Å²) in [6.45, 7) is 3.43. The molecule has 39 heavy (non-hydrogen) atoms. The molecule has 0 aliphatic carbocycles. The van der Waals surface area contributed by atoms with Crippen LogP contribution in [0.15, 0.2) is 89.6 Å². The number of pyridine rings is 2. The molecule has 199 valence electrons. The molecule has 0 unspecified atom stereocenters. The second-order valence-corrected chi connectivity index (χ2v) is 15.2.